The van der Waals surface area contributed by atoms with E-state index in [1.165, 1.54) is 0 Å². The van der Waals surface area contributed by atoms with Crippen molar-refractivity contribution in [3.05, 3.63) is 76.8 Å². The second-order valence-corrected chi connectivity index (χ2v) is 7.59. The van der Waals surface area contributed by atoms with Crippen LogP contribution in [0.25, 0.3) is 22.1 Å². The van der Waals surface area contributed by atoms with Crippen LogP contribution in [-0.2, 0) is 11.3 Å². The minimum absolute atomic E-state index is 0.289. The third-order valence-corrected chi connectivity index (χ3v) is 5.54. The van der Waals surface area contributed by atoms with Gasteiger partial charge in [-0.1, -0.05) is 12.1 Å². The summed E-state index contributed by atoms with van der Waals surface area (Å²) in [4.78, 5) is 23.1. The van der Waals surface area contributed by atoms with Gasteiger partial charge in [0.15, 0.2) is 5.58 Å². The van der Waals surface area contributed by atoms with E-state index in [2.05, 4.69) is 9.97 Å². The zero-order valence-corrected chi connectivity index (χ0v) is 18.2. The SMILES string of the molecule is COc1ccc(-c2c(OCc3ccncc3)ccc3c(=O)nc(N4CCOCC4)oc23)cc1. The number of methoxy groups -OCH3 is 1. The Hall–Kier alpha value is -3.91. The van der Waals surface area contributed by atoms with Gasteiger partial charge in [-0.2, -0.15) is 4.98 Å². The van der Waals surface area contributed by atoms with Crippen molar-refractivity contribution in [2.24, 2.45) is 0 Å². The Labute approximate surface area is 190 Å². The van der Waals surface area contributed by atoms with Gasteiger partial charge in [-0.3, -0.25) is 9.78 Å². The average Bonchev–Trinajstić information content (AvgIpc) is 2.88. The molecule has 2 aromatic heterocycles. The quantitative estimate of drug-likeness (QED) is 0.444. The Balaban J connectivity index is 1.65. The number of anilines is 1. The molecule has 0 saturated carbocycles. The summed E-state index contributed by atoms with van der Waals surface area (Å²) in [6, 6.07) is 15.1. The number of benzene rings is 2. The van der Waals surface area contributed by atoms with Crippen molar-refractivity contribution in [1.82, 2.24) is 9.97 Å². The lowest BCUT2D eigenvalue weighted by molar-refractivity contribution is 0.120. The number of hydrogen-bond acceptors (Lipinski definition) is 8. The molecule has 8 heteroatoms. The number of nitrogens with zero attached hydrogens (tertiary/aromatic N) is 3. The van der Waals surface area contributed by atoms with E-state index in [-0.39, 0.29) is 11.6 Å². The second kappa shape index (κ2) is 9.30. The fourth-order valence-electron chi connectivity index (χ4n) is 3.78. The Kier molecular flexibility index (Phi) is 5.91. The summed E-state index contributed by atoms with van der Waals surface area (Å²) in [7, 11) is 1.62. The van der Waals surface area contributed by atoms with Crippen molar-refractivity contribution in [3.63, 3.8) is 0 Å². The van der Waals surface area contributed by atoms with Gasteiger partial charge in [0.2, 0.25) is 0 Å². The molecule has 2 aromatic carbocycles. The summed E-state index contributed by atoms with van der Waals surface area (Å²) >= 11 is 0. The van der Waals surface area contributed by atoms with Crippen LogP contribution in [0.1, 0.15) is 5.56 Å². The van der Waals surface area contributed by atoms with Crippen LogP contribution in [0.15, 0.2) is 70.1 Å². The highest BCUT2D eigenvalue weighted by molar-refractivity contribution is 5.95. The van der Waals surface area contributed by atoms with Crippen molar-refractivity contribution in [3.8, 4) is 22.6 Å². The Morgan fingerprint density at radius 3 is 2.48 bits per heavy atom. The van der Waals surface area contributed by atoms with Crippen molar-refractivity contribution >= 4 is 17.0 Å². The van der Waals surface area contributed by atoms with Gasteiger partial charge in [0.05, 0.1) is 31.3 Å². The van der Waals surface area contributed by atoms with Crippen LogP contribution in [0.3, 0.4) is 0 Å². The minimum atomic E-state index is -0.340. The maximum Gasteiger partial charge on any atom is 0.301 e. The molecule has 1 aliphatic rings. The van der Waals surface area contributed by atoms with Crippen LogP contribution in [0.5, 0.6) is 11.5 Å². The molecule has 0 bridgehead atoms. The van der Waals surface area contributed by atoms with Crippen LogP contribution < -0.4 is 19.9 Å². The molecule has 4 aromatic rings. The summed E-state index contributed by atoms with van der Waals surface area (Å²) < 4.78 is 23.2. The van der Waals surface area contributed by atoms with Gasteiger partial charge < -0.3 is 23.5 Å². The van der Waals surface area contributed by atoms with Crippen LogP contribution in [0.2, 0.25) is 0 Å². The third kappa shape index (κ3) is 4.38. The number of rotatable bonds is 6. The van der Waals surface area contributed by atoms with Crippen LogP contribution in [-0.4, -0.2) is 43.4 Å². The predicted octanol–water partition coefficient (Wildman–Crippen LogP) is 3.67. The fourth-order valence-corrected chi connectivity index (χ4v) is 3.78. The van der Waals surface area contributed by atoms with E-state index in [0.29, 0.717) is 55.2 Å². The smallest absolute Gasteiger partial charge is 0.301 e. The number of hydrogen-bond donors (Lipinski definition) is 0. The number of morpholine rings is 1. The largest absolute Gasteiger partial charge is 0.497 e. The number of aromatic nitrogens is 2. The number of pyridine rings is 1. The standard InChI is InChI=1S/C25H23N3O5/c1-30-19-4-2-18(3-5-19)22-21(32-16-17-8-10-26-11-9-17)7-6-20-23(22)33-25(27-24(20)29)28-12-14-31-15-13-28/h2-11H,12-16H2,1H3. The lowest BCUT2D eigenvalue weighted by Gasteiger charge is -2.26. The molecule has 0 radical (unpaired) electrons. The molecule has 1 saturated heterocycles. The number of ether oxygens (including phenoxy) is 3. The highest BCUT2D eigenvalue weighted by atomic mass is 16.5. The molecular weight excluding hydrogens is 422 g/mol. The maximum atomic E-state index is 12.9. The van der Waals surface area contributed by atoms with E-state index in [4.69, 9.17) is 18.6 Å². The van der Waals surface area contributed by atoms with Crippen LogP contribution in [0.4, 0.5) is 6.01 Å². The monoisotopic (exact) mass is 445 g/mol. The lowest BCUT2D eigenvalue weighted by Crippen LogP contribution is -2.37. The van der Waals surface area contributed by atoms with Crippen molar-refractivity contribution in [2.75, 3.05) is 38.3 Å². The fraction of sp³-hybridized carbons (Fsp3) is 0.240. The van der Waals surface area contributed by atoms with Gasteiger partial charge in [0, 0.05) is 25.5 Å². The number of fused-ring (bicyclic) bond motifs is 1. The van der Waals surface area contributed by atoms with E-state index < -0.39 is 0 Å². The third-order valence-electron chi connectivity index (χ3n) is 5.54. The first-order valence-electron chi connectivity index (χ1n) is 10.7. The topological polar surface area (TPSA) is 86.9 Å². The lowest BCUT2D eigenvalue weighted by atomic mass is 10.0. The van der Waals surface area contributed by atoms with Crippen LogP contribution in [0, 0.1) is 0 Å². The van der Waals surface area contributed by atoms with Crippen molar-refractivity contribution in [2.45, 2.75) is 6.61 Å². The maximum absolute atomic E-state index is 12.9. The van der Waals surface area contributed by atoms with Gasteiger partial charge in [-0.15, -0.1) is 0 Å². The molecule has 3 heterocycles. The normalized spacial score (nSPS) is 13.8. The molecule has 1 fully saturated rings. The van der Waals surface area contributed by atoms with Gasteiger partial charge in [0.25, 0.3) is 5.56 Å². The molecule has 0 atom stereocenters. The average molecular weight is 445 g/mol. The Morgan fingerprint density at radius 2 is 1.76 bits per heavy atom. The summed E-state index contributed by atoms with van der Waals surface area (Å²) in [5.74, 6) is 1.34. The molecule has 8 nitrogen and oxygen atoms in total. The molecule has 0 aliphatic carbocycles. The first kappa shape index (κ1) is 21.0. The van der Waals surface area contributed by atoms with Crippen molar-refractivity contribution < 1.29 is 18.6 Å². The molecular formula is C25H23N3O5. The van der Waals surface area contributed by atoms with E-state index in [1.54, 1.807) is 31.6 Å². The summed E-state index contributed by atoms with van der Waals surface area (Å²) in [5, 5.41) is 0.397. The molecule has 33 heavy (non-hydrogen) atoms. The molecule has 0 unspecified atom stereocenters. The van der Waals surface area contributed by atoms with Crippen LogP contribution >= 0.6 is 0 Å². The summed E-state index contributed by atoms with van der Waals surface area (Å²) in [5.41, 5.74) is 2.62. The van der Waals surface area contributed by atoms with E-state index in [1.807, 2.05) is 41.3 Å². The highest BCUT2D eigenvalue weighted by Gasteiger charge is 2.21. The predicted molar refractivity (Wildman–Crippen MR) is 124 cm³/mol. The molecule has 168 valence electrons. The van der Waals surface area contributed by atoms with E-state index in [9.17, 15) is 4.79 Å². The minimum Gasteiger partial charge on any atom is -0.497 e. The zero-order valence-electron chi connectivity index (χ0n) is 18.2. The highest BCUT2D eigenvalue weighted by Crippen LogP contribution is 2.38. The zero-order chi connectivity index (χ0) is 22.6. The van der Waals surface area contributed by atoms with E-state index in [0.717, 1.165) is 16.9 Å². The Bertz CT molecular complexity index is 1300. The molecule has 0 spiro atoms. The molecule has 1 aliphatic heterocycles. The first-order chi connectivity index (χ1) is 16.2. The van der Waals surface area contributed by atoms with Gasteiger partial charge >= 0.3 is 6.01 Å². The first-order valence-corrected chi connectivity index (χ1v) is 10.7. The van der Waals surface area contributed by atoms with Gasteiger partial charge in [0.1, 0.15) is 18.1 Å². The Morgan fingerprint density at radius 1 is 1.00 bits per heavy atom. The van der Waals surface area contributed by atoms with Crippen molar-refractivity contribution in [1.29, 1.82) is 0 Å². The second-order valence-electron chi connectivity index (χ2n) is 7.59. The van der Waals surface area contributed by atoms with Gasteiger partial charge in [-0.05, 0) is 47.5 Å². The molecule has 0 amide bonds. The van der Waals surface area contributed by atoms with E-state index >= 15 is 0 Å². The summed E-state index contributed by atoms with van der Waals surface area (Å²) in [6.07, 6.45) is 3.45. The summed E-state index contributed by atoms with van der Waals surface area (Å²) in [6.45, 7) is 2.69. The molecule has 0 N–H and O–H groups in total. The molecule has 5 rings (SSSR count). The van der Waals surface area contributed by atoms with Gasteiger partial charge in [-0.25, -0.2) is 0 Å².